The fraction of sp³-hybridized carbons (Fsp3) is 0.830. The molecule has 6 N–H and O–H groups in total. The number of ether oxygens (including phenoxy) is 2. The molecule has 1 rings (SSSR count). The van der Waals surface area contributed by atoms with Gasteiger partial charge in [0, 0.05) is 12.8 Å². The third-order valence-electron chi connectivity index (χ3n) is 11.0. The van der Waals surface area contributed by atoms with E-state index >= 15 is 0 Å². The van der Waals surface area contributed by atoms with E-state index in [0.717, 1.165) is 77.0 Å². The number of aliphatic hydroxyl groups is 5. The molecule has 6 unspecified atom stereocenters. The monoisotopic (exact) mass is 889 g/mol. The molecule has 0 aromatic heterocycles. The second-order valence-corrected chi connectivity index (χ2v) is 18.0. The number of carbonyl (C=O) groups excluding carboxylic acids is 2. The van der Waals surface area contributed by atoms with Crippen LogP contribution in [0.3, 0.4) is 0 Å². The zero-order chi connectivity index (χ0) is 45.0. The molecule has 0 radical (unpaired) electrons. The molecule has 0 amide bonds. The molecule has 0 aromatic rings. The molecule has 61 heavy (non-hydrogen) atoms. The van der Waals surface area contributed by atoms with Crippen LogP contribution >= 0.6 is 7.82 Å². The number of aliphatic hydroxyl groups excluding tert-OH is 5. The molecule has 14 heteroatoms. The van der Waals surface area contributed by atoms with Gasteiger partial charge in [-0.05, 0) is 44.9 Å². The summed E-state index contributed by atoms with van der Waals surface area (Å²) in [6.45, 7) is 3.19. The molecule has 0 saturated heterocycles. The van der Waals surface area contributed by atoms with E-state index in [2.05, 4.69) is 50.3 Å². The van der Waals surface area contributed by atoms with Crippen molar-refractivity contribution in [2.24, 2.45) is 0 Å². The predicted molar refractivity (Wildman–Crippen MR) is 240 cm³/mol. The normalized spacial score (nSPS) is 22.3. The van der Waals surface area contributed by atoms with Crippen molar-refractivity contribution >= 4 is 19.8 Å². The smallest absolute Gasteiger partial charge is 0.462 e. The topological polar surface area (TPSA) is 210 Å². The van der Waals surface area contributed by atoms with Crippen LogP contribution in [-0.4, -0.2) is 98.3 Å². The van der Waals surface area contributed by atoms with Crippen molar-refractivity contribution in [3.63, 3.8) is 0 Å². The minimum absolute atomic E-state index is 0.0959. The Morgan fingerprint density at radius 2 is 0.934 bits per heavy atom. The summed E-state index contributed by atoms with van der Waals surface area (Å²) in [5.41, 5.74) is 0. The Morgan fingerprint density at radius 1 is 0.525 bits per heavy atom. The number of unbranched alkanes of at least 4 members (excludes halogenated alkanes) is 21. The van der Waals surface area contributed by atoms with Gasteiger partial charge >= 0.3 is 19.8 Å². The van der Waals surface area contributed by atoms with E-state index < -0.39 is 75.7 Å². The summed E-state index contributed by atoms with van der Waals surface area (Å²) >= 11 is 0. The van der Waals surface area contributed by atoms with Crippen molar-refractivity contribution in [1.29, 1.82) is 0 Å². The Morgan fingerprint density at radius 3 is 1.43 bits per heavy atom. The van der Waals surface area contributed by atoms with E-state index in [4.69, 9.17) is 18.5 Å². The first-order valence-corrected chi connectivity index (χ1v) is 25.3. The first kappa shape index (κ1) is 57.1. The number of carbonyl (C=O) groups is 2. The summed E-state index contributed by atoms with van der Waals surface area (Å²) < 4.78 is 33.5. The minimum Gasteiger partial charge on any atom is -0.462 e. The first-order valence-electron chi connectivity index (χ1n) is 23.8. The highest BCUT2D eigenvalue weighted by molar-refractivity contribution is 7.47. The standard InChI is InChI=1S/C47H85O13P/c1-3-5-7-9-11-13-15-17-19-20-22-24-26-28-30-32-34-36-41(49)59-39(38-58-61(55,56)60-47-45(53)43(51)42(50)44(52)46(47)54)37-57-40(48)35-33-31-29-27-25-23-21-18-16-14-12-10-8-6-4-2/h6,8,12,14,18,21,39,42-47,50-54H,3-5,7,9-11,13,15-17,19-20,22-38H2,1-2H3,(H,55,56)/b8-6-,14-12-,21-18-/t39-,42?,43-,44?,45?,46?,47?/m1/s1. The van der Waals surface area contributed by atoms with Gasteiger partial charge in [-0.1, -0.05) is 172 Å². The van der Waals surface area contributed by atoms with Crippen LogP contribution in [0, 0.1) is 0 Å². The Balaban J connectivity index is 2.44. The quantitative estimate of drug-likeness (QED) is 0.0147. The number of rotatable bonds is 39. The van der Waals surface area contributed by atoms with Gasteiger partial charge in [-0.25, -0.2) is 4.57 Å². The van der Waals surface area contributed by atoms with Crippen LogP contribution in [0.25, 0.3) is 0 Å². The summed E-state index contributed by atoms with van der Waals surface area (Å²) in [6, 6.07) is 0. The third kappa shape index (κ3) is 30.0. The van der Waals surface area contributed by atoms with Crippen molar-refractivity contribution < 1.29 is 63.1 Å². The van der Waals surface area contributed by atoms with Crippen molar-refractivity contribution in [3.8, 4) is 0 Å². The number of hydrogen-bond donors (Lipinski definition) is 6. The second kappa shape index (κ2) is 37.4. The van der Waals surface area contributed by atoms with E-state index in [9.17, 15) is 44.6 Å². The molecular weight excluding hydrogens is 803 g/mol. The average Bonchev–Trinajstić information content (AvgIpc) is 3.24. The highest BCUT2D eigenvalue weighted by Crippen LogP contribution is 2.47. The number of phosphoric ester groups is 1. The lowest BCUT2D eigenvalue weighted by Gasteiger charge is -2.41. The molecule has 356 valence electrons. The Bertz CT molecular complexity index is 1210. The Hall–Kier alpha value is -1.93. The predicted octanol–water partition coefficient (Wildman–Crippen LogP) is 9.39. The van der Waals surface area contributed by atoms with Gasteiger partial charge in [0.15, 0.2) is 6.10 Å². The van der Waals surface area contributed by atoms with Crippen LogP contribution in [0.2, 0.25) is 0 Å². The maximum atomic E-state index is 12.8. The van der Waals surface area contributed by atoms with Crippen LogP contribution in [0.1, 0.15) is 194 Å². The highest BCUT2D eigenvalue weighted by Gasteiger charge is 2.51. The van der Waals surface area contributed by atoms with Crippen molar-refractivity contribution in [2.75, 3.05) is 13.2 Å². The van der Waals surface area contributed by atoms with Crippen molar-refractivity contribution in [3.05, 3.63) is 36.5 Å². The van der Waals surface area contributed by atoms with Crippen molar-refractivity contribution in [2.45, 2.75) is 236 Å². The molecule has 1 aliphatic rings. The number of allylic oxidation sites excluding steroid dienone is 6. The van der Waals surface area contributed by atoms with Crippen LogP contribution in [0.15, 0.2) is 36.5 Å². The Labute approximate surface area is 368 Å². The molecule has 0 heterocycles. The molecule has 1 aliphatic carbocycles. The van der Waals surface area contributed by atoms with E-state index in [0.29, 0.717) is 12.8 Å². The van der Waals surface area contributed by atoms with E-state index in [1.54, 1.807) is 0 Å². The fourth-order valence-electron chi connectivity index (χ4n) is 7.18. The lowest BCUT2D eigenvalue weighted by atomic mass is 9.85. The van der Waals surface area contributed by atoms with Gasteiger partial charge in [0.25, 0.3) is 0 Å². The van der Waals surface area contributed by atoms with E-state index in [1.807, 2.05) is 0 Å². The lowest BCUT2D eigenvalue weighted by Crippen LogP contribution is -2.64. The van der Waals surface area contributed by atoms with Crippen LogP contribution in [0.5, 0.6) is 0 Å². The van der Waals surface area contributed by atoms with E-state index in [1.165, 1.54) is 77.0 Å². The first-order chi connectivity index (χ1) is 29.4. The van der Waals surface area contributed by atoms with Gasteiger partial charge in [0.1, 0.15) is 43.2 Å². The minimum atomic E-state index is -5.12. The molecule has 0 aromatic carbocycles. The molecule has 13 nitrogen and oxygen atoms in total. The summed E-state index contributed by atoms with van der Waals surface area (Å²) in [6.07, 6.45) is 29.1. The third-order valence-corrected chi connectivity index (χ3v) is 12.0. The fourth-order valence-corrected chi connectivity index (χ4v) is 8.16. The molecule has 0 spiro atoms. The zero-order valence-electron chi connectivity index (χ0n) is 37.7. The lowest BCUT2D eigenvalue weighted by molar-refractivity contribution is -0.220. The Kier molecular flexibility index (Phi) is 35.0. The van der Waals surface area contributed by atoms with Crippen LogP contribution in [0.4, 0.5) is 0 Å². The maximum absolute atomic E-state index is 12.8. The van der Waals surface area contributed by atoms with Crippen LogP contribution in [-0.2, 0) is 32.7 Å². The van der Waals surface area contributed by atoms with Gasteiger partial charge in [0.05, 0.1) is 6.61 Å². The summed E-state index contributed by atoms with van der Waals surface area (Å²) in [7, 11) is -5.12. The SMILES string of the molecule is CC/C=C\C/C=C\C/C=C\CCCCCCCC(=O)OC[C@H](COP(=O)(O)OC1C(O)C(O)C(O)[C@@H](O)C1O)OC(=O)CCCCCCCCCCCCCCCCCCC. The maximum Gasteiger partial charge on any atom is 0.472 e. The van der Waals surface area contributed by atoms with E-state index in [-0.39, 0.29) is 12.8 Å². The summed E-state index contributed by atoms with van der Waals surface area (Å²) in [4.78, 5) is 35.7. The molecular formula is C47H85O13P. The largest absolute Gasteiger partial charge is 0.472 e. The highest BCUT2D eigenvalue weighted by atomic mass is 31.2. The van der Waals surface area contributed by atoms with Crippen molar-refractivity contribution in [1.82, 2.24) is 0 Å². The summed E-state index contributed by atoms with van der Waals surface area (Å²) in [5, 5.41) is 50.2. The average molecular weight is 889 g/mol. The second-order valence-electron chi connectivity index (χ2n) is 16.6. The van der Waals surface area contributed by atoms with Gasteiger partial charge in [-0.3, -0.25) is 18.6 Å². The molecule has 1 saturated carbocycles. The van der Waals surface area contributed by atoms with Crippen LogP contribution < -0.4 is 0 Å². The van der Waals surface area contributed by atoms with Gasteiger partial charge in [-0.15, -0.1) is 0 Å². The van der Waals surface area contributed by atoms with Gasteiger partial charge in [0.2, 0.25) is 0 Å². The molecule has 0 aliphatic heterocycles. The molecule has 0 bridgehead atoms. The zero-order valence-corrected chi connectivity index (χ0v) is 38.6. The number of phosphoric acid groups is 1. The molecule has 1 fully saturated rings. The number of esters is 2. The molecule has 8 atom stereocenters. The summed E-state index contributed by atoms with van der Waals surface area (Å²) in [5.74, 6) is -1.11. The van der Waals surface area contributed by atoms with Gasteiger partial charge < -0.3 is 39.9 Å². The van der Waals surface area contributed by atoms with Gasteiger partial charge in [-0.2, -0.15) is 0 Å². The number of hydrogen-bond acceptors (Lipinski definition) is 12.